The normalized spacial score (nSPS) is 16.0. The van der Waals surface area contributed by atoms with Crippen LogP contribution in [-0.4, -0.2) is 18.5 Å². The van der Waals surface area contributed by atoms with Gasteiger partial charge in [0.2, 0.25) is 5.91 Å². The van der Waals surface area contributed by atoms with E-state index in [1.807, 2.05) is 18.2 Å². The molecular weight excluding hydrogens is 347 g/mol. The van der Waals surface area contributed by atoms with Crippen LogP contribution < -0.4 is 16.0 Å². The summed E-state index contributed by atoms with van der Waals surface area (Å²) in [5.74, 6) is -0.551. The molecule has 0 saturated carbocycles. The van der Waals surface area contributed by atoms with Crippen molar-refractivity contribution in [1.82, 2.24) is 5.32 Å². The molecule has 0 radical (unpaired) electrons. The molecule has 0 aliphatic carbocycles. The van der Waals surface area contributed by atoms with Gasteiger partial charge in [0, 0.05) is 12.2 Å². The number of hydrogen-bond donors (Lipinski definition) is 3. The minimum absolute atomic E-state index is 0.145. The molecule has 5 nitrogen and oxygen atoms in total. The van der Waals surface area contributed by atoms with Crippen LogP contribution >= 0.6 is 0 Å². The minimum atomic E-state index is -4.56. The molecule has 1 aliphatic heterocycles. The van der Waals surface area contributed by atoms with Crippen LogP contribution in [0.25, 0.3) is 0 Å². The second-order valence-corrected chi connectivity index (χ2v) is 5.84. The number of rotatable bonds is 4. The number of halogens is 3. The molecule has 8 heteroatoms. The van der Waals surface area contributed by atoms with Gasteiger partial charge in [0.15, 0.2) is 0 Å². The Morgan fingerprint density at radius 2 is 1.77 bits per heavy atom. The summed E-state index contributed by atoms with van der Waals surface area (Å²) in [5.41, 5.74) is 0.355. The smallest absolute Gasteiger partial charge is 0.338 e. The summed E-state index contributed by atoms with van der Waals surface area (Å²) >= 11 is 0. The van der Waals surface area contributed by atoms with E-state index in [1.165, 1.54) is 18.2 Å². The number of urea groups is 1. The van der Waals surface area contributed by atoms with Gasteiger partial charge in [0.25, 0.3) is 0 Å². The lowest BCUT2D eigenvalue weighted by Gasteiger charge is -2.14. The third kappa shape index (κ3) is 3.79. The Balaban J connectivity index is 1.57. The summed E-state index contributed by atoms with van der Waals surface area (Å²) in [5, 5.41) is 7.45. The van der Waals surface area contributed by atoms with E-state index in [9.17, 15) is 22.8 Å². The fourth-order valence-electron chi connectivity index (χ4n) is 2.90. The van der Waals surface area contributed by atoms with Gasteiger partial charge < -0.3 is 16.0 Å². The number of benzene rings is 2. The maximum absolute atomic E-state index is 12.9. The van der Waals surface area contributed by atoms with Crippen LogP contribution in [0.3, 0.4) is 0 Å². The standard InChI is InChI=1S/C18H16F3N3O2/c19-18(20,21)13-6-2-4-8-15(13)24-17(26)22-10-9-12-11-5-1-3-7-14(11)23-16(12)25/h1-8,12H,9-10H2,(H,23,25)(H2,22,24,26). The van der Waals surface area contributed by atoms with Gasteiger partial charge in [-0.2, -0.15) is 13.2 Å². The molecule has 1 atom stereocenters. The lowest BCUT2D eigenvalue weighted by Crippen LogP contribution is -2.31. The first-order chi connectivity index (χ1) is 12.4. The van der Waals surface area contributed by atoms with Gasteiger partial charge in [-0.3, -0.25) is 4.79 Å². The van der Waals surface area contributed by atoms with Crippen LogP contribution in [0.2, 0.25) is 0 Å². The minimum Gasteiger partial charge on any atom is -0.338 e. The van der Waals surface area contributed by atoms with Crippen molar-refractivity contribution in [2.75, 3.05) is 17.2 Å². The molecule has 3 rings (SSSR count). The van der Waals surface area contributed by atoms with Gasteiger partial charge in [-0.15, -0.1) is 0 Å². The number of nitrogens with one attached hydrogen (secondary N) is 3. The van der Waals surface area contributed by atoms with Crippen LogP contribution in [0.5, 0.6) is 0 Å². The van der Waals surface area contributed by atoms with E-state index in [1.54, 1.807) is 6.07 Å². The molecule has 0 saturated heterocycles. The average Bonchev–Trinajstić information content (AvgIpc) is 2.90. The lowest BCUT2D eigenvalue weighted by molar-refractivity contribution is -0.136. The highest BCUT2D eigenvalue weighted by Crippen LogP contribution is 2.35. The molecule has 0 fully saturated rings. The van der Waals surface area contributed by atoms with Crippen molar-refractivity contribution < 1.29 is 22.8 Å². The zero-order chi connectivity index (χ0) is 18.7. The summed E-state index contributed by atoms with van der Waals surface area (Å²) in [6.45, 7) is 0.145. The second-order valence-electron chi connectivity index (χ2n) is 5.84. The zero-order valence-corrected chi connectivity index (χ0v) is 13.6. The van der Waals surface area contributed by atoms with E-state index in [4.69, 9.17) is 0 Å². The highest BCUT2D eigenvalue weighted by molar-refractivity contribution is 6.02. The topological polar surface area (TPSA) is 70.2 Å². The molecule has 1 heterocycles. The Kier molecular flexibility index (Phi) is 4.83. The number of hydrogen-bond acceptors (Lipinski definition) is 2. The molecule has 1 unspecified atom stereocenters. The van der Waals surface area contributed by atoms with Crippen LogP contribution in [0.1, 0.15) is 23.5 Å². The monoisotopic (exact) mass is 363 g/mol. The molecule has 3 N–H and O–H groups in total. The summed E-state index contributed by atoms with van der Waals surface area (Å²) in [4.78, 5) is 23.9. The maximum Gasteiger partial charge on any atom is 0.418 e. The molecular formula is C18H16F3N3O2. The Labute approximate surface area is 147 Å². The lowest BCUT2D eigenvalue weighted by atomic mass is 9.97. The number of carbonyl (C=O) groups is 2. The Bertz CT molecular complexity index is 836. The number of fused-ring (bicyclic) bond motifs is 1. The molecule has 0 bridgehead atoms. The molecule has 26 heavy (non-hydrogen) atoms. The van der Waals surface area contributed by atoms with Gasteiger partial charge in [-0.1, -0.05) is 30.3 Å². The van der Waals surface area contributed by atoms with E-state index < -0.39 is 23.7 Å². The van der Waals surface area contributed by atoms with Gasteiger partial charge in [0.05, 0.1) is 17.2 Å². The molecule has 0 aromatic heterocycles. The zero-order valence-electron chi connectivity index (χ0n) is 13.6. The quantitative estimate of drug-likeness (QED) is 0.770. The fraction of sp³-hybridized carbons (Fsp3) is 0.222. The third-order valence-electron chi connectivity index (χ3n) is 4.11. The number of carbonyl (C=O) groups excluding carboxylic acids is 2. The van der Waals surface area contributed by atoms with Crippen molar-refractivity contribution in [1.29, 1.82) is 0 Å². The SMILES string of the molecule is O=C(NCCC1C(=O)Nc2ccccc21)Nc1ccccc1C(F)(F)F. The van der Waals surface area contributed by atoms with Gasteiger partial charge in [-0.25, -0.2) is 4.79 Å². The van der Waals surface area contributed by atoms with Gasteiger partial charge in [-0.05, 0) is 30.2 Å². The first kappa shape index (κ1) is 17.8. The largest absolute Gasteiger partial charge is 0.418 e. The van der Waals surface area contributed by atoms with E-state index in [-0.39, 0.29) is 18.1 Å². The highest BCUT2D eigenvalue weighted by Gasteiger charge is 2.33. The first-order valence-corrected chi connectivity index (χ1v) is 7.97. The molecule has 3 amide bonds. The van der Waals surface area contributed by atoms with Crippen molar-refractivity contribution in [3.63, 3.8) is 0 Å². The number of alkyl halides is 3. The van der Waals surface area contributed by atoms with Gasteiger partial charge in [0.1, 0.15) is 0 Å². The molecule has 2 aromatic rings. The van der Waals surface area contributed by atoms with Crippen LogP contribution in [-0.2, 0) is 11.0 Å². The van der Waals surface area contributed by atoms with E-state index in [0.29, 0.717) is 6.42 Å². The number of anilines is 2. The molecule has 136 valence electrons. The Hall–Kier alpha value is -3.03. The summed E-state index contributed by atoms with van der Waals surface area (Å²) in [7, 11) is 0. The van der Waals surface area contributed by atoms with E-state index >= 15 is 0 Å². The Morgan fingerprint density at radius 3 is 2.54 bits per heavy atom. The van der Waals surface area contributed by atoms with E-state index in [0.717, 1.165) is 17.3 Å². The van der Waals surface area contributed by atoms with Crippen molar-refractivity contribution in [2.45, 2.75) is 18.5 Å². The van der Waals surface area contributed by atoms with Crippen LogP contribution in [0, 0.1) is 0 Å². The summed E-state index contributed by atoms with van der Waals surface area (Å²) in [6, 6.07) is 11.2. The van der Waals surface area contributed by atoms with Crippen molar-refractivity contribution in [3.8, 4) is 0 Å². The average molecular weight is 363 g/mol. The van der Waals surface area contributed by atoms with Crippen molar-refractivity contribution >= 4 is 23.3 Å². The van der Waals surface area contributed by atoms with Gasteiger partial charge >= 0.3 is 12.2 Å². The first-order valence-electron chi connectivity index (χ1n) is 7.97. The van der Waals surface area contributed by atoms with Crippen molar-refractivity contribution in [2.24, 2.45) is 0 Å². The Morgan fingerprint density at radius 1 is 1.08 bits per heavy atom. The van der Waals surface area contributed by atoms with E-state index in [2.05, 4.69) is 16.0 Å². The van der Waals surface area contributed by atoms with Crippen molar-refractivity contribution in [3.05, 3.63) is 59.7 Å². The third-order valence-corrected chi connectivity index (χ3v) is 4.11. The fourth-order valence-corrected chi connectivity index (χ4v) is 2.90. The van der Waals surface area contributed by atoms with Crippen LogP contribution in [0.4, 0.5) is 29.3 Å². The highest BCUT2D eigenvalue weighted by atomic mass is 19.4. The molecule has 2 aromatic carbocycles. The number of amides is 3. The maximum atomic E-state index is 12.9. The molecule has 1 aliphatic rings. The number of para-hydroxylation sites is 2. The molecule has 0 spiro atoms. The predicted octanol–water partition coefficient (Wildman–Crippen LogP) is 3.95. The second kappa shape index (κ2) is 7.07. The van der Waals surface area contributed by atoms with Crippen LogP contribution in [0.15, 0.2) is 48.5 Å². The summed E-state index contributed by atoms with van der Waals surface area (Å²) in [6.07, 6.45) is -4.22. The summed E-state index contributed by atoms with van der Waals surface area (Å²) < 4.78 is 38.8. The predicted molar refractivity (Wildman–Crippen MR) is 90.9 cm³/mol.